The lowest BCUT2D eigenvalue weighted by atomic mass is 9.99. The molecule has 0 saturated heterocycles. The first-order valence-electron chi connectivity index (χ1n) is 10.7. The number of H-pyrrole nitrogens is 1. The summed E-state index contributed by atoms with van der Waals surface area (Å²) in [5.41, 5.74) is -3.55. The minimum absolute atomic E-state index is 0.0252. The van der Waals surface area contributed by atoms with Gasteiger partial charge in [-0.2, -0.15) is 18.3 Å². The molecule has 1 amide bonds. The van der Waals surface area contributed by atoms with Crippen LogP contribution in [0.3, 0.4) is 0 Å². The maximum atomic E-state index is 14.4. The number of carbonyl (C=O) groups excluding carboxylic acids is 1. The number of halogens is 6. The number of amides is 1. The van der Waals surface area contributed by atoms with Crippen LogP contribution < -0.4 is 0 Å². The van der Waals surface area contributed by atoms with E-state index in [1.165, 1.54) is 24.7 Å². The van der Waals surface area contributed by atoms with Crippen molar-refractivity contribution in [3.8, 4) is 0 Å². The fourth-order valence-corrected chi connectivity index (χ4v) is 4.22. The summed E-state index contributed by atoms with van der Waals surface area (Å²) >= 11 is 0. The Bertz CT molecular complexity index is 1450. The van der Waals surface area contributed by atoms with Gasteiger partial charge in [-0.1, -0.05) is 0 Å². The van der Waals surface area contributed by atoms with Crippen molar-refractivity contribution < 1.29 is 35.6 Å². The smallest absolute Gasteiger partial charge is 0.418 e. The summed E-state index contributed by atoms with van der Waals surface area (Å²) in [6.07, 6.45) is -4.99. The van der Waals surface area contributed by atoms with Crippen LogP contribution in [0.15, 0.2) is 35.1 Å². The Labute approximate surface area is 198 Å². The molecule has 0 radical (unpaired) electrons. The quantitative estimate of drug-likeness (QED) is 0.389. The average molecular weight is 512 g/mol. The summed E-state index contributed by atoms with van der Waals surface area (Å²) in [6.45, 7) is 2.05. The number of hydrogen-bond donors (Lipinski definition) is 1. The predicted octanol–water partition coefficient (Wildman–Crippen LogP) is 4.99. The van der Waals surface area contributed by atoms with Gasteiger partial charge in [0.15, 0.2) is 11.4 Å². The monoisotopic (exact) mass is 512 g/mol. The Morgan fingerprint density at radius 2 is 2.00 bits per heavy atom. The highest BCUT2D eigenvalue weighted by molar-refractivity contribution is 5.93. The lowest BCUT2D eigenvalue weighted by molar-refractivity contribution is -0.136. The predicted molar refractivity (Wildman–Crippen MR) is 111 cm³/mol. The third-order valence-corrected chi connectivity index (χ3v) is 5.86. The fraction of sp³-hybridized carbons (Fsp3) is 0.364. The number of nitrogens with zero attached hydrogens (tertiary/aromatic N) is 5. The molecule has 0 fully saturated rings. The summed E-state index contributed by atoms with van der Waals surface area (Å²) in [6, 6.07) is 2.11. The van der Waals surface area contributed by atoms with Gasteiger partial charge in [0.2, 0.25) is 11.7 Å². The first-order chi connectivity index (χ1) is 16.9. The summed E-state index contributed by atoms with van der Waals surface area (Å²) in [5, 5.41) is 4.23. The van der Waals surface area contributed by atoms with Crippen LogP contribution in [0.5, 0.6) is 0 Å². The van der Waals surface area contributed by atoms with E-state index in [1.807, 2.05) is 0 Å². The standard InChI is InChI=1S/C22H18F6N6O2/c1-21(2,25)20-31-15(18(23)24)17(36-20)19(35)33-7-5-11-14(30-9-29-11)16(33)12-8-13-10(22(26,27)28)4-3-6-34(13)32-12/h3-4,6,8-9,16,18H,5,7H2,1-2H3,(H,29,30)/t16-/m0/s1. The number of hydrogen-bond acceptors (Lipinski definition) is 5. The fourth-order valence-electron chi connectivity index (χ4n) is 4.22. The molecule has 0 bridgehead atoms. The van der Waals surface area contributed by atoms with Crippen molar-refractivity contribution in [2.24, 2.45) is 0 Å². The van der Waals surface area contributed by atoms with Gasteiger partial charge in [-0.3, -0.25) is 4.79 Å². The topological polar surface area (TPSA) is 92.3 Å². The average Bonchev–Trinajstić information content (AvgIpc) is 3.53. The van der Waals surface area contributed by atoms with E-state index in [0.717, 1.165) is 29.3 Å². The molecule has 0 unspecified atom stereocenters. The van der Waals surface area contributed by atoms with Gasteiger partial charge in [-0.15, -0.1) is 0 Å². The van der Waals surface area contributed by atoms with Crippen LogP contribution >= 0.6 is 0 Å². The van der Waals surface area contributed by atoms with Crippen molar-refractivity contribution in [3.63, 3.8) is 0 Å². The van der Waals surface area contributed by atoms with E-state index < -0.39 is 53.1 Å². The van der Waals surface area contributed by atoms with E-state index >= 15 is 0 Å². The maximum absolute atomic E-state index is 14.4. The number of aromatic nitrogens is 5. The second kappa shape index (κ2) is 8.10. The Morgan fingerprint density at radius 1 is 1.25 bits per heavy atom. The third kappa shape index (κ3) is 3.89. The third-order valence-electron chi connectivity index (χ3n) is 5.86. The molecular weight excluding hydrogens is 494 g/mol. The molecule has 0 aromatic carbocycles. The van der Waals surface area contributed by atoms with Crippen LogP contribution in [0.4, 0.5) is 26.3 Å². The molecule has 5 heterocycles. The Hall–Kier alpha value is -3.84. The molecule has 1 aliphatic rings. The maximum Gasteiger partial charge on any atom is 0.418 e. The zero-order valence-electron chi connectivity index (χ0n) is 18.8. The van der Waals surface area contributed by atoms with Crippen molar-refractivity contribution in [2.75, 3.05) is 6.54 Å². The second-order valence-corrected chi connectivity index (χ2v) is 8.74. The number of imidazole rings is 1. The lowest BCUT2D eigenvalue weighted by Gasteiger charge is -2.33. The number of carbonyl (C=O) groups is 1. The van der Waals surface area contributed by atoms with Crippen molar-refractivity contribution in [1.82, 2.24) is 29.5 Å². The van der Waals surface area contributed by atoms with Gasteiger partial charge in [-0.25, -0.2) is 27.7 Å². The summed E-state index contributed by atoms with van der Waals surface area (Å²) in [5.74, 6) is -2.59. The lowest BCUT2D eigenvalue weighted by Crippen LogP contribution is -2.41. The first kappa shape index (κ1) is 23.9. The van der Waals surface area contributed by atoms with Gasteiger partial charge in [-0.05, 0) is 32.0 Å². The first-order valence-corrected chi connectivity index (χ1v) is 10.7. The largest absolute Gasteiger partial charge is 0.431 e. The van der Waals surface area contributed by atoms with Gasteiger partial charge >= 0.3 is 6.18 Å². The molecule has 36 heavy (non-hydrogen) atoms. The van der Waals surface area contributed by atoms with E-state index in [1.54, 1.807) is 0 Å². The number of pyridine rings is 1. The minimum atomic E-state index is -4.67. The van der Waals surface area contributed by atoms with Crippen molar-refractivity contribution in [1.29, 1.82) is 0 Å². The van der Waals surface area contributed by atoms with Gasteiger partial charge in [0.05, 0.1) is 28.8 Å². The normalized spacial score (nSPS) is 16.7. The van der Waals surface area contributed by atoms with Gasteiger partial charge < -0.3 is 14.3 Å². The van der Waals surface area contributed by atoms with Crippen molar-refractivity contribution >= 4 is 11.4 Å². The van der Waals surface area contributed by atoms with Crippen LogP contribution in [0, 0.1) is 0 Å². The molecular formula is C22H18F6N6O2. The van der Waals surface area contributed by atoms with Crippen molar-refractivity contribution in [2.45, 2.75) is 44.6 Å². The summed E-state index contributed by atoms with van der Waals surface area (Å²) < 4.78 is 88.7. The molecule has 4 aromatic heterocycles. The summed E-state index contributed by atoms with van der Waals surface area (Å²) in [4.78, 5) is 25.2. The van der Waals surface area contributed by atoms with Crippen LogP contribution in [-0.4, -0.2) is 41.9 Å². The molecule has 1 N–H and O–H groups in total. The molecule has 1 atom stereocenters. The molecule has 0 spiro atoms. The summed E-state index contributed by atoms with van der Waals surface area (Å²) in [7, 11) is 0. The highest BCUT2D eigenvalue weighted by Gasteiger charge is 2.42. The van der Waals surface area contributed by atoms with Gasteiger partial charge in [0, 0.05) is 24.9 Å². The number of rotatable bonds is 4. The van der Waals surface area contributed by atoms with E-state index in [-0.39, 0.29) is 29.9 Å². The molecule has 190 valence electrons. The second-order valence-electron chi connectivity index (χ2n) is 8.74. The number of nitrogens with one attached hydrogen (secondary N) is 1. The molecule has 8 nitrogen and oxygen atoms in total. The molecule has 14 heteroatoms. The molecule has 0 aliphatic carbocycles. The number of alkyl halides is 6. The van der Waals surface area contributed by atoms with Crippen LogP contribution in [0.2, 0.25) is 0 Å². The van der Waals surface area contributed by atoms with E-state index in [2.05, 4.69) is 20.1 Å². The van der Waals surface area contributed by atoms with E-state index in [0.29, 0.717) is 5.69 Å². The SMILES string of the molecule is CC(C)(F)c1nc(C(F)F)c(C(=O)N2CCc3[nH]cnc3[C@@H]2c2cc3c(C(F)(F)F)cccn3n2)o1. The zero-order chi connectivity index (χ0) is 26.0. The highest BCUT2D eigenvalue weighted by Crippen LogP contribution is 2.39. The van der Waals surface area contributed by atoms with Crippen LogP contribution in [0.1, 0.15) is 71.1 Å². The molecule has 4 aromatic rings. The Morgan fingerprint density at radius 3 is 2.67 bits per heavy atom. The highest BCUT2D eigenvalue weighted by atomic mass is 19.4. The van der Waals surface area contributed by atoms with Gasteiger partial charge in [0.25, 0.3) is 12.3 Å². The molecule has 0 saturated carbocycles. The van der Waals surface area contributed by atoms with Crippen molar-refractivity contribution in [3.05, 3.63) is 70.7 Å². The Kier molecular flexibility index (Phi) is 5.37. The van der Waals surface area contributed by atoms with E-state index in [4.69, 9.17) is 4.42 Å². The van der Waals surface area contributed by atoms with Gasteiger partial charge in [0.1, 0.15) is 6.04 Å². The van der Waals surface area contributed by atoms with E-state index in [9.17, 15) is 31.1 Å². The van der Waals surface area contributed by atoms with Crippen LogP contribution in [0.25, 0.3) is 5.52 Å². The number of oxazole rings is 1. The Balaban J connectivity index is 1.64. The van der Waals surface area contributed by atoms with Crippen LogP contribution in [-0.2, 0) is 18.3 Å². The minimum Gasteiger partial charge on any atom is -0.431 e. The molecule has 5 rings (SSSR count). The zero-order valence-corrected chi connectivity index (χ0v) is 18.8. The number of fused-ring (bicyclic) bond motifs is 2. The number of aromatic amines is 1. The molecule has 1 aliphatic heterocycles.